The topological polar surface area (TPSA) is 128 Å². The zero-order valence-electron chi connectivity index (χ0n) is 14.7. The van der Waals surface area contributed by atoms with Gasteiger partial charge in [-0.2, -0.15) is 0 Å². The summed E-state index contributed by atoms with van der Waals surface area (Å²) in [5, 5.41) is 15.5. The number of nitrogens with zero attached hydrogens (tertiary/aromatic N) is 1. The van der Waals surface area contributed by atoms with Gasteiger partial charge < -0.3 is 10.1 Å². The molecule has 0 bridgehead atoms. The van der Waals surface area contributed by atoms with E-state index in [1.165, 1.54) is 26.0 Å². The minimum atomic E-state index is -1.25. The van der Waals surface area contributed by atoms with Crippen LogP contribution in [0, 0.1) is 17.0 Å². The van der Waals surface area contributed by atoms with Gasteiger partial charge in [-0.1, -0.05) is 6.07 Å². The Kier molecular flexibility index (Phi) is 6.21. The lowest BCUT2D eigenvalue weighted by Gasteiger charge is -2.21. The third kappa shape index (κ3) is 6.21. The monoisotopic (exact) mass is 351 g/mol. The molecule has 2 N–H and O–H groups in total. The molecule has 1 unspecified atom stereocenters. The van der Waals surface area contributed by atoms with Gasteiger partial charge in [0.2, 0.25) is 0 Å². The van der Waals surface area contributed by atoms with E-state index in [2.05, 4.69) is 10.6 Å². The lowest BCUT2D eigenvalue weighted by atomic mass is 10.1. The van der Waals surface area contributed by atoms with E-state index in [-0.39, 0.29) is 11.3 Å². The summed E-state index contributed by atoms with van der Waals surface area (Å²) in [6.07, 6.45) is -1.25. The zero-order valence-corrected chi connectivity index (χ0v) is 14.7. The smallest absolute Gasteiger partial charge is 0.339 e. The predicted octanol–water partition coefficient (Wildman–Crippen LogP) is 2.07. The molecule has 0 radical (unpaired) electrons. The predicted molar refractivity (Wildman–Crippen MR) is 89.1 cm³/mol. The van der Waals surface area contributed by atoms with Crippen LogP contribution >= 0.6 is 0 Å². The molecule has 3 amide bonds. The van der Waals surface area contributed by atoms with Crippen molar-refractivity contribution in [3.05, 3.63) is 39.4 Å². The molecule has 0 aliphatic heterocycles. The molecular formula is C16H21N3O6. The average Bonchev–Trinajstić information content (AvgIpc) is 2.44. The Balaban J connectivity index is 2.73. The molecule has 0 aliphatic carbocycles. The number of nitro groups is 1. The molecule has 9 nitrogen and oxygen atoms in total. The van der Waals surface area contributed by atoms with Gasteiger partial charge in [-0.25, -0.2) is 9.59 Å². The van der Waals surface area contributed by atoms with Crippen LogP contribution in [-0.2, 0) is 9.53 Å². The second-order valence-electron chi connectivity index (χ2n) is 6.50. The second-order valence-corrected chi connectivity index (χ2v) is 6.50. The van der Waals surface area contributed by atoms with Crippen LogP contribution in [0.3, 0.4) is 0 Å². The lowest BCUT2D eigenvalue weighted by molar-refractivity contribution is -0.385. The van der Waals surface area contributed by atoms with E-state index < -0.39 is 34.5 Å². The highest BCUT2D eigenvalue weighted by atomic mass is 16.6. The Bertz CT molecular complexity index is 708. The van der Waals surface area contributed by atoms with Crippen molar-refractivity contribution in [2.45, 2.75) is 46.3 Å². The summed E-state index contributed by atoms with van der Waals surface area (Å²) in [5.74, 6) is -1.71. The van der Waals surface area contributed by atoms with E-state index in [0.29, 0.717) is 5.56 Å². The molecule has 136 valence electrons. The fraction of sp³-hybridized carbons (Fsp3) is 0.438. The van der Waals surface area contributed by atoms with Gasteiger partial charge in [0, 0.05) is 17.2 Å². The van der Waals surface area contributed by atoms with Gasteiger partial charge in [-0.05, 0) is 40.7 Å². The Hall–Kier alpha value is -2.97. The van der Waals surface area contributed by atoms with Crippen molar-refractivity contribution in [2.24, 2.45) is 0 Å². The molecule has 9 heteroatoms. The van der Waals surface area contributed by atoms with Gasteiger partial charge in [0.25, 0.3) is 11.6 Å². The molecule has 0 saturated heterocycles. The molecule has 0 heterocycles. The van der Waals surface area contributed by atoms with E-state index in [9.17, 15) is 24.5 Å². The van der Waals surface area contributed by atoms with Crippen LogP contribution in [0.2, 0.25) is 0 Å². The van der Waals surface area contributed by atoms with Crippen molar-refractivity contribution in [1.82, 2.24) is 10.6 Å². The van der Waals surface area contributed by atoms with E-state index in [0.717, 1.165) is 6.07 Å². The third-order valence-corrected chi connectivity index (χ3v) is 3.02. The molecule has 1 aromatic rings. The first-order valence-corrected chi connectivity index (χ1v) is 7.50. The van der Waals surface area contributed by atoms with Crippen molar-refractivity contribution < 1.29 is 24.0 Å². The number of carbonyl (C=O) groups excluding carboxylic acids is 3. The van der Waals surface area contributed by atoms with Gasteiger partial charge in [-0.15, -0.1) is 0 Å². The Morgan fingerprint density at radius 2 is 1.84 bits per heavy atom. The minimum Gasteiger partial charge on any atom is -0.449 e. The van der Waals surface area contributed by atoms with Gasteiger partial charge in [0.15, 0.2) is 6.10 Å². The van der Waals surface area contributed by atoms with Crippen molar-refractivity contribution in [3.8, 4) is 0 Å². The van der Waals surface area contributed by atoms with Gasteiger partial charge in [0.05, 0.1) is 10.5 Å². The molecule has 0 fully saturated rings. The first-order chi connectivity index (χ1) is 11.4. The molecule has 0 aromatic heterocycles. The number of nitro benzene ring substituents is 1. The highest BCUT2D eigenvalue weighted by Crippen LogP contribution is 2.20. The molecule has 1 aromatic carbocycles. The van der Waals surface area contributed by atoms with Crippen LogP contribution in [0.4, 0.5) is 10.5 Å². The maximum atomic E-state index is 12.0. The molecule has 0 aliphatic rings. The quantitative estimate of drug-likeness (QED) is 0.485. The first kappa shape index (κ1) is 20.1. The highest BCUT2D eigenvalue weighted by molar-refractivity contribution is 5.98. The largest absolute Gasteiger partial charge is 0.449 e. The fourth-order valence-corrected chi connectivity index (χ4v) is 1.80. The van der Waals surface area contributed by atoms with Crippen LogP contribution in [0.1, 0.15) is 43.6 Å². The van der Waals surface area contributed by atoms with Crippen LogP contribution in [0.25, 0.3) is 0 Å². The summed E-state index contributed by atoms with van der Waals surface area (Å²) in [6, 6.07) is 3.14. The zero-order chi connectivity index (χ0) is 19.4. The van der Waals surface area contributed by atoms with Crippen LogP contribution in [0.5, 0.6) is 0 Å². The van der Waals surface area contributed by atoms with Gasteiger partial charge in [0.1, 0.15) is 0 Å². The Labute approximate surface area is 144 Å². The summed E-state index contributed by atoms with van der Waals surface area (Å²) in [4.78, 5) is 45.8. The number of carbonyl (C=O) groups is 3. The van der Waals surface area contributed by atoms with Crippen LogP contribution in [-0.4, -0.2) is 34.5 Å². The van der Waals surface area contributed by atoms with Gasteiger partial charge in [-0.3, -0.25) is 20.2 Å². The molecule has 0 spiro atoms. The maximum absolute atomic E-state index is 12.0. The number of hydrogen-bond donors (Lipinski definition) is 2. The molecule has 25 heavy (non-hydrogen) atoms. The SMILES string of the molecule is Cc1ccc(C(=O)OC(C)C(=O)NC(=O)NC(C)(C)C)cc1[N+](=O)[O-]. The molecular weight excluding hydrogens is 330 g/mol. The van der Waals surface area contributed by atoms with Crippen LogP contribution in [0.15, 0.2) is 18.2 Å². The average molecular weight is 351 g/mol. The maximum Gasteiger partial charge on any atom is 0.339 e. The van der Waals surface area contributed by atoms with Crippen molar-refractivity contribution in [1.29, 1.82) is 0 Å². The summed E-state index contributed by atoms with van der Waals surface area (Å²) in [5.41, 5.74) is -0.427. The summed E-state index contributed by atoms with van der Waals surface area (Å²) >= 11 is 0. The number of benzene rings is 1. The highest BCUT2D eigenvalue weighted by Gasteiger charge is 2.23. The third-order valence-electron chi connectivity index (χ3n) is 3.02. The Morgan fingerprint density at radius 3 is 2.36 bits per heavy atom. The summed E-state index contributed by atoms with van der Waals surface area (Å²) < 4.78 is 4.95. The van der Waals surface area contributed by atoms with Gasteiger partial charge >= 0.3 is 12.0 Å². The Morgan fingerprint density at radius 1 is 1.24 bits per heavy atom. The molecule has 0 saturated carbocycles. The van der Waals surface area contributed by atoms with Crippen molar-refractivity contribution >= 4 is 23.6 Å². The van der Waals surface area contributed by atoms with E-state index >= 15 is 0 Å². The summed E-state index contributed by atoms with van der Waals surface area (Å²) in [7, 11) is 0. The van der Waals surface area contributed by atoms with E-state index in [1.807, 2.05) is 0 Å². The lowest BCUT2D eigenvalue weighted by Crippen LogP contribution is -2.50. The number of imide groups is 1. The number of rotatable bonds is 4. The standard InChI is InChI=1S/C16H21N3O6/c1-9-6-7-11(8-12(9)19(23)24)14(21)25-10(2)13(20)17-15(22)18-16(3,4)5/h6-8,10H,1-5H3,(H2,17,18,20,22). The number of esters is 1. The minimum absolute atomic E-state index is 0.0592. The normalized spacial score (nSPS) is 12.0. The van der Waals surface area contributed by atoms with Crippen molar-refractivity contribution in [2.75, 3.05) is 0 Å². The van der Waals surface area contributed by atoms with Crippen LogP contribution < -0.4 is 10.6 Å². The first-order valence-electron chi connectivity index (χ1n) is 7.50. The number of nitrogens with one attached hydrogen (secondary N) is 2. The summed E-state index contributed by atoms with van der Waals surface area (Å²) in [6.45, 7) is 8.05. The van der Waals surface area contributed by atoms with E-state index in [1.54, 1.807) is 20.8 Å². The number of aryl methyl sites for hydroxylation is 1. The number of ether oxygens (including phenoxy) is 1. The molecule has 1 rings (SSSR count). The number of amides is 3. The molecule has 1 atom stereocenters. The number of hydrogen-bond acceptors (Lipinski definition) is 6. The fourth-order valence-electron chi connectivity index (χ4n) is 1.80. The number of urea groups is 1. The van der Waals surface area contributed by atoms with E-state index in [4.69, 9.17) is 4.74 Å². The van der Waals surface area contributed by atoms with Crippen molar-refractivity contribution in [3.63, 3.8) is 0 Å². The second kappa shape index (κ2) is 7.73.